The number of amides is 1. The second-order valence-corrected chi connectivity index (χ2v) is 6.61. The highest BCUT2D eigenvalue weighted by atomic mass is 16.3. The summed E-state index contributed by atoms with van der Waals surface area (Å²) in [4.78, 5) is 12.7. The van der Waals surface area contributed by atoms with Crippen LogP contribution in [0.15, 0.2) is 52.9 Å². The molecule has 0 aliphatic carbocycles. The number of carbonyl (C=O) groups excluding carboxylic acids is 1. The minimum Gasteiger partial charge on any atom is -0.459 e. The maximum Gasteiger partial charge on any atom is 0.251 e. The zero-order valence-corrected chi connectivity index (χ0v) is 14.3. The monoisotopic (exact) mass is 334 g/mol. The molecule has 1 aliphatic rings. The second kappa shape index (κ2) is 6.73. The Balaban J connectivity index is 1.53. The van der Waals surface area contributed by atoms with E-state index in [9.17, 15) is 4.79 Å². The average Bonchev–Trinajstić information content (AvgIpc) is 3.29. The van der Waals surface area contributed by atoms with E-state index in [0.717, 1.165) is 52.9 Å². The third-order valence-electron chi connectivity index (χ3n) is 5.06. The summed E-state index contributed by atoms with van der Waals surface area (Å²) in [5, 5.41) is 7.50. The highest BCUT2D eigenvalue weighted by Gasteiger charge is 2.22. The number of nitrogens with one attached hydrogen (secondary N) is 2. The van der Waals surface area contributed by atoms with E-state index >= 15 is 0 Å². The van der Waals surface area contributed by atoms with Crippen molar-refractivity contribution >= 4 is 16.9 Å². The number of carbonyl (C=O) groups is 1. The largest absolute Gasteiger partial charge is 0.459 e. The first kappa shape index (κ1) is 15.9. The molecule has 1 aliphatic heterocycles. The van der Waals surface area contributed by atoms with Crippen LogP contribution in [-0.2, 0) is 6.54 Å². The molecule has 4 nitrogen and oxygen atoms in total. The van der Waals surface area contributed by atoms with E-state index < -0.39 is 0 Å². The van der Waals surface area contributed by atoms with Gasteiger partial charge in [-0.2, -0.15) is 0 Å². The van der Waals surface area contributed by atoms with Gasteiger partial charge in [-0.25, -0.2) is 0 Å². The molecule has 0 bridgehead atoms. The third-order valence-corrected chi connectivity index (χ3v) is 5.06. The first-order chi connectivity index (χ1) is 12.2. The van der Waals surface area contributed by atoms with Crippen LogP contribution in [0.1, 0.15) is 39.6 Å². The van der Waals surface area contributed by atoms with Crippen LogP contribution in [0.4, 0.5) is 0 Å². The summed E-state index contributed by atoms with van der Waals surface area (Å²) in [6.07, 6.45) is 1.08. The Morgan fingerprint density at radius 3 is 2.80 bits per heavy atom. The quantitative estimate of drug-likeness (QED) is 0.764. The zero-order valence-electron chi connectivity index (χ0n) is 14.3. The number of furan rings is 1. The predicted octanol–water partition coefficient (Wildman–Crippen LogP) is 3.75. The molecule has 1 amide bonds. The van der Waals surface area contributed by atoms with Crippen molar-refractivity contribution in [1.29, 1.82) is 0 Å². The summed E-state index contributed by atoms with van der Waals surface area (Å²) < 4.78 is 5.89. The van der Waals surface area contributed by atoms with E-state index in [1.165, 1.54) is 0 Å². The van der Waals surface area contributed by atoms with Crippen molar-refractivity contribution < 1.29 is 9.21 Å². The van der Waals surface area contributed by atoms with Crippen molar-refractivity contribution in [2.45, 2.75) is 25.8 Å². The van der Waals surface area contributed by atoms with Gasteiger partial charge in [0.1, 0.15) is 11.3 Å². The van der Waals surface area contributed by atoms with E-state index in [2.05, 4.69) is 16.7 Å². The maximum atomic E-state index is 12.7. The van der Waals surface area contributed by atoms with Gasteiger partial charge in [0.15, 0.2) is 0 Å². The molecule has 1 saturated heterocycles. The van der Waals surface area contributed by atoms with Gasteiger partial charge < -0.3 is 15.1 Å². The zero-order chi connectivity index (χ0) is 17.2. The Hall–Kier alpha value is -2.59. The summed E-state index contributed by atoms with van der Waals surface area (Å²) in [5.41, 5.74) is 3.85. The van der Waals surface area contributed by atoms with Crippen molar-refractivity contribution in [3.8, 4) is 0 Å². The Morgan fingerprint density at radius 2 is 2.00 bits per heavy atom. The van der Waals surface area contributed by atoms with Crippen LogP contribution in [0.25, 0.3) is 11.0 Å². The van der Waals surface area contributed by atoms with Crippen LogP contribution in [0.5, 0.6) is 0 Å². The second-order valence-electron chi connectivity index (χ2n) is 6.61. The maximum absolute atomic E-state index is 12.7. The van der Waals surface area contributed by atoms with Crippen LogP contribution in [0.2, 0.25) is 0 Å². The fraction of sp³-hybridized carbons (Fsp3) is 0.286. The van der Waals surface area contributed by atoms with E-state index in [4.69, 9.17) is 4.42 Å². The number of aryl methyl sites for hydroxylation is 1. The first-order valence-corrected chi connectivity index (χ1v) is 8.79. The highest BCUT2D eigenvalue weighted by Crippen LogP contribution is 2.27. The van der Waals surface area contributed by atoms with Crippen LogP contribution in [0.3, 0.4) is 0 Å². The Bertz CT molecular complexity index is 907. The number of hydrogen-bond acceptors (Lipinski definition) is 3. The molecule has 2 N–H and O–H groups in total. The van der Waals surface area contributed by atoms with Gasteiger partial charge in [-0.1, -0.05) is 36.4 Å². The number of fused-ring (bicyclic) bond motifs is 1. The standard InChI is InChI=1S/C21H22N2O2/c1-14-16-6-4-5-9-19(16)25-20(14)13-23-21(24)18-8-3-2-7-17(18)15-10-11-22-12-15/h2-9,15,22H,10-13H2,1H3,(H,23,24)/t15-/m1/s1. The molecule has 1 fully saturated rings. The van der Waals surface area contributed by atoms with Gasteiger partial charge >= 0.3 is 0 Å². The molecule has 25 heavy (non-hydrogen) atoms. The van der Waals surface area contributed by atoms with Crippen molar-refractivity contribution in [3.05, 3.63) is 71.0 Å². The molecule has 0 unspecified atom stereocenters. The van der Waals surface area contributed by atoms with E-state index in [-0.39, 0.29) is 5.91 Å². The van der Waals surface area contributed by atoms with Gasteiger partial charge in [0.2, 0.25) is 0 Å². The lowest BCUT2D eigenvalue weighted by molar-refractivity contribution is 0.0947. The van der Waals surface area contributed by atoms with Gasteiger partial charge in [-0.3, -0.25) is 4.79 Å². The van der Waals surface area contributed by atoms with Crippen molar-refractivity contribution in [2.75, 3.05) is 13.1 Å². The molecular weight excluding hydrogens is 312 g/mol. The Labute approximate surface area is 147 Å². The third kappa shape index (κ3) is 3.05. The summed E-state index contributed by atoms with van der Waals surface area (Å²) >= 11 is 0. The average molecular weight is 334 g/mol. The van der Waals surface area contributed by atoms with Crippen molar-refractivity contribution in [3.63, 3.8) is 0 Å². The number of benzene rings is 2. The molecule has 1 atom stereocenters. The lowest BCUT2D eigenvalue weighted by Gasteiger charge is -2.14. The minimum atomic E-state index is -0.0395. The molecule has 3 aromatic rings. The molecule has 4 rings (SSSR count). The number of para-hydroxylation sites is 1. The van der Waals surface area contributed by atoms with E-state index in [0.29, 0.717) is 12.5 Å². The molecule has 0 spiro atoms. The lowest BCUT2D eigenvalue weighted by atomic mass is 9.93. The van der Waals surface area contributed by atoms with Gasteiger partial charge in [0, 0.05) is 23.1 Å². The van der Waals surface area contributed by atoms with Gasteiger partial charge in [-0.05, 0) is 43.5 Å². The molecular formula is C21H22N2O2. The van der Waals surface area contributed by atoms with Gasteiger partial charge in [-0.15, -0.1) is 0 Å². The number of rotatable bonds is 4. The first-order valence-electron chi connectivity index (χ1n) is 8.79. The number of hydrogen-bond donors (Lipinski definition) is 2. The van der Waals surface area contributed by atoms with Gasteiger partial charge in [0.25, 0.3) is 5.91 Å². The van der Waals surface area contributed by atoms with Crippen molar-refractivity contribution in [2.24, 2.45) is 0 Å². The summed E-state index contributed by atoms with van der Waals surface area (Å²) in [7, 11) is 0. The van der Waals surface area contributed by atoms with Crippen LogP contribution in [0, 0.1) is 6.92 Å². The molecule has 2 aromatic carbocycles. The molecule has 1 aromatic heterocycles. The van der Waals surface area contributed by atoms with Gasteiger partial charge in [0.05, 0.1) is 6.54 Å². The molecule has 2 heterocycles. The van der Waals surface area contributed by atoms with Crippen molar-refractivity contribution in [1.82, 2.24) is 10.6 Å². The lowest BCUT2D eigenvalue weighted by Crippen LogP contribution is -2.25. The predicted molar refractivity (Wildman–Crippen MR) is 98.8 cm³/mol. The smallest absolute Gasteiger partial charge is 0.251 e. The summed E-state index contributed by atoms with van der Waals surface area (Å²) in [6, 6.07) is 15.9. The highest BCUT2D eigenvalue weighted by molar-refractivity contribution is 5.96. The normalized spacial score (nSPS) is 17.1. The minimum absolute atomic E-state index is 0.0395. The van der Waals surface area contributed by atoms with E-state index in [1.54, 1.807) is 0 Å². The Morgan fingerprint density at radius 1 is 1.20 bits per heavy atom. The summed E-state index contributed by atoms with van der Waals surface area (Å²) in [5.74, 6) is 1.19. The fourth-order valence-corrected chi connectivity index (χ4v) is 3.63. The van der Waals surface area contributed by atoms with E-state index in [1.807, 2.05) is 49.4 Å². The van der Waals surface area contributed by atoms with Crippen LogP contribution < -0.4 is 10.6 Å². The fourth-order valence-electron chi connectivity index (χ4n) is 3.63. The van der Waals surface area contributed by atoms with Crippen LogP contribution >= 0.6 is 0 Å². The summed E-state index contributed by atoms with van der Waals surface area (Å²) in [6.45, 7) is 4.38. The topological polar surface area (TPSA) is 54.3 Å². The SMILES string of the molecule is Cc1c(CNC(=O)c2ccccc2[C@@H]2CCNC2)oc2ccccc12. The van der Waals surface area contributed by atoms with Crippen LogP contribution in [-0.4, -0.2) is 19.0 Å². The molecule has 4 heteroatoms. The Kier molecular flexibility index (Phi) is 4.28. The molecule has 0 radical (unpaired) electrons. The molecule has 0 saturated carbocycles. The molecule has 128 valence electrons.